The quantitative estimate of drug-likeness (QED) is 0.326. The zero-order valence-electron chi connectivity index (χ0n) is 16.9. The Morgan fingerprint density at radius 3 is 2.62 bits per heavy atom. The van der Waals surface area contributed by atoms with Crippen LogP contribution in [-0.4, -0.2) is 62.3 Å². The topological polar surface area (TPSA) is 61.8 Å². The Hall–Kier alpha value is -1.30. The van der Waals surface area contributed by atoms with Crippen molar-refractivity contribution in [3.63, 3.8) is 0 Å². The Bertz CT molecular complexity index is 764. The first-order valence-electron chi connectivity index (χ1n) is 9.59. The van der Waals surface area contributed by atoms with Crippen LogP contribution in [0, 0.1) is 12.7 Å². The van der Waals surface area contributed by atoms with E-state index in [1.54, 1.807) is 18.4 Å². The van der Waals surface area contributed by atoms with Crippen LogP contribution in [0.25, 0.3) is 0 Å². The maximum absolute atomic E-state index is 13.4. The van der Waals surface area contributed by atoms with Gasteiger partial charge < -0.3 is 15.4 Å². The van der Waals surface area contributed by atoms with Crippen LogP contribution in [0.1, 0.15) is 21.5 Å². The third-order valence-electron chi connectivity index (χ3n) is 4.73. The molecule has 0 radical (unpaired) electrons. The lowest BCUT2D eigenvalue weighted by molar-refractivity contribution is 0.0170. The normalized spacial score (nSPS) is 16.2. The van der Waals surface area contributed by atoms with Crippen LogP contribution in [0.5, 0.6) is 0 Å². The number of hydrogen-bond donors (Lipinski definition) is 2. The summed E-state index contributed by atoms with van der Waals surface area (Å²) < 4.78 is 18.8. The van der Waals surface area contributed by atoms with Crippen LogP contribution in [-0.2, 0) is 11.2 Å². The minimum Gasteiger partial charge on any atom is -0.379 e. The van der Waals surface area contributed by atoms with Gasteiger partial charge in [0.05, 0.1) is 24.3 Å². The van der Waals surface area contributed by atoms with E-state index in [0.717, 1.165) is 55.8 Å². The van der Waals surface area contributed by atoms with Crippen molar-refractivity contribution in [2.75, 3.05) is 46.4 Å². The summed E-state index contributed by atoms with van der Waals surface area (Å²) in [4.78, 5) is 12.3. The fourth-order valence-corrected chi connectivity index (χ4v) is 4.04. The Kier molecular flexibility index (Phi) is 10.3. The van der Waals surface area contributed by atoms with Gasteiger partial charge in [-0.05, 0) is 24.6 Å². The van der Waals surface area contributed by atoms with Gasteiger partial charge in [0.15, 0.2) is 5.96 Å². The van der Waals surface area contributed by atoms with Crippen LogP contribution in [0.4, 0.5) is 4.39 Å². The first kappa shape index (κ1) is 24.0. The van der Waals surface area contributed by atoms with Gasteiger partial charge >= 0.3 is 0 Å². The van der Waals surface area contributed by atoms with Gasteiger partial charge in [0, 0.05) is 50.7 Å². The summed E-state index contributed by atoms with van der Waals surface area (Å²) in [6.07, 6.45) is 2.77. The Morgan fingerprint density at radius 1 is 1.28 bits per heavy atom. The van der Waals surface area contributed by atoms with Crippen molar-refractivity contribution < 1.29 is 9.13 Å². The van der Waals surface area contributed by atoms with Gasteiger partial charge in [-0.2, -0.15) is 0 Å². The molecule has 1 unspecified atom stereocenters. The molecule has 0 aliphatic carbocycles. The number of aromatic nitrogens is 1. The minimum absolute atomic E-state index is 0. The second kappa shape index (κ2) is 12.4. The fourth-order valence-electron chi connectivity index (χ4n) is 3.25. The van der Waals surface area contributed by atoms with Crippen LogP contribution in [0.2, 0.25) is 0 Å². The fraction of sp³-hybridized carbons (Fsp3) is 0.500. The molecule has 2 aromatic rings. The Balaban J connectivity index is 0.00000300. The maximum Gasteiger partial charge on any atom is 0.191 e. The molecule has 0 bridgehead atoms. The summed E-state index contributed by atoms with van der Waals surface area (Å²) in [7, 11) is 1.77. The first-order valence-corrected chi connectivity index (χ1v) is 10.4. The monoisotopic (exact) mass is 533 g/mol. The van der Waals surface area contributed by atoms with E-state index in [2.05, 4.69) is 32.4 Å². The number of aliphatic imine (C=N–C) groups is 1. The van der Waals surface area contributed by atoms with Crippen molar-refractivity contribution in [3.8, 4) is 0 Å². The molecule has 9 heteroatoms. The lowest BCUT2D eigenvalue weighted by Crippen LogP contribution is -2.46. The molecule has 1 saturated heterocycles. The van der Waals surface area contributed by atoms with Crippen molar-refractivity contribution in [3.05, 3.63) is 51.7 Å². The number of morpholine rings is 1. The lowest BCUT2D eigenvalue weighted by atomic mass is 10.0. The summed E-state index contributed by atoms with van der Waals surface area (Å²) in [6.45, 7) is 6.68. The zero-order valence-corrected chi connectivity index (χ0v) is 20.0. The molecule has 0 saturated carbocycles. The van der Waals surface area contributed by atoms with Gasteiger partial charge in [-0.3, -0.25) is 9.89 Å². The van der Waals surface area contributed by atoms with E-state index >= 15 is 0 Å². The minimum atomic E-state index is -0.215. The van der Waals surface area contributed by atoms with E-state index in [-0.39, 0.29) is 35.8 Å². The maximum atomic E-state index is 13.4. The van der Waals surface area contributed by atoms with Crippen molar-refractivity contribution in [1.29, 1.82) is 0 Å². The molecule has 1 atom stereocenters. The molecule has 3 rings (SSSR count). The van der Waals surface area contributed by atoms with Crippen molar-refractivity contribution in [1.82, 2.24) is 20.5 Å². The van der Waals surface area contributed by atoms with Crippen LogP contribution < -0.4 is 10.6 Å². The average molecular weight is 533 g/mol. The largest absolute Gasteiger partial charge is 0.379 e. The molecule has 0 spiro atoms. The predicted molar refractivity (Wildman–Crippen MR) is 127 cm³/mol. The summed E-state index contributed by atoms with van der Waals surface area (Å²) in [5.74, 6) is 0.543. The van der Waals surface area contributed by atoms with Gasteiger partial charge in [-0.15, -0.1) is 35.3 Å². The number of benzene rings is 1. The molecule has 1 aliphatic heterocycles. The number of halogens is 2. The number of nitrogens with one attached hydrogen (secondary N) is 2. The highest BCUT2D eigenvalue weighted by Crippen LogP contribution is 2.21. The van der Waals surface area contributed by atoms with Crippen molar-refractivity contribution in [2.24, 2.45) is 4.99 Å². The van der Waals surface area contributed by atoms with E-state index in [0.29, 0.717) is 6.54 Å². The molecule has 1 aliphatic rings. The number of ether oxygens (including phenoxy) is 1. The van der Waals surface area contributed by atoms with E-state index in [1.807, 2.05) is 18.3 Å². The first-order chi connectivity index (χ1) is 13.7. The molecular formula is C20H29FIN5OS. The molecule has 2 N–H and O–H groups in total. The number of thiazole rings is 1. The Morgan fingerprint density at radius 2 is 2.00 bits per heavy atom. The number of aryl methyl sites for hydroxylation is 1. The summed E-state index contributed by atoms with van der Waals surface area (Å²) >= 11 is 1.72. The number of rotatable bonds is 7. The molecule has 1 fully saturated rings. The van der Waals surface area contributed by atoms with Gasteiger partial charge in [0.1, 0.15) is 5.82 Å². The van der Waals surface area contributed by atoms with E-state index < -0.39 is 0 Å². The highest BCUT2D eigenvalue weighted by atomic mass is 127. The third-order valence-corrected chi connectivity index (χ3v) is 5.70. The van der Waals surface area contributed by atoms with Crippen LogP contribution >= 0.6 is 35.3 Å². The number of guanidine groups is 1. The molecule has 160 valence electrons. The highest BCUT2D eigenvalue weighted by molar-refractivity contribution is 14.0. The van der Waals surface area contributed by atoms with E-state index in [4.69, 9.17) is 4.74 Å². The standard InChI is InChI=1S/C20H28FN5OS.HI/c1-15-13-24-19(28-15)7-8-23-20(22-2)25-14-18(26-9-11-27-12-10-26)16-3-5-17(21)6-4-16;/h3-6,13,18H,7-12,14H2,1-2H3,(H2,22,23,25);1H. The van der Waals surface area contributed by atoms with Gasteiger partial charge in [-0.25, -0.2) is 9.37 Å². The van der Waals surface area contributed by atoms with Crippen LogP contribution in [0.3, 0.4) is 0 Å². The highest BCUT2D eigenvalue weighted by Gasteiger charge is 2.23. The van der Waals surface area contributed by atoms with E-state index in [9.17, 15) is 4.39 Å². The summed E-state index contributed by atoms with van der Waals surface area (Å²) in [5.41, 5.74) is 1.09. The van der Waals surface area contributed by atoms with Gasteiger partial charge in [0.2, 0.25) is 0 Å². The molecule has 1 aromatic heterocycles. The van der Waals surface area contributed by atoms with Crippen LogP contribution in [0.15, 0.2) is 35.5 Å². The average Bonchev–Trinajstić information content (AvgIpc) is 3.14. The number of hydrogen-bond acceptors (Lipinski definition) is 5. The summed E-state index contributed by atoms with van der Waals surface area (Å²) in [5, 5.41) is 7.89. The zero-order chi connectivity index (χ0) is 19.8. The Labute approximate surface area is 193 Å². The van der Waals surface area contributed by atoms with Crippen molar-refractivity contribution >= 4 is 41.3 Å². The lowest BCUT2D eigenvalue weighted by Gasteiger charge is -2.35. The second-order valence-electron chi connectivity index (χ2n) is 6.71. The second-order valence-corrected chi connectivity index (χ2v) is 8.03. The molecule has 1 aromatic carbocycles. The molecule has 29 heavy (non-hydrogen) atoms. The van der Waals surface area contributed by atoms with E-state index in [1.165, 1.54) is 17.0 Å². The third kappa shape index (κ3) is 7.47. The molecular weight excluding hydrogens is 504 g/mol. The van der Waals surface area contributed by atoms with Gasteiger partial charge in [0.25, 0.3) is 0 Å². The molecule has 0 amide bonds. The van der Waals surface area contributed by atoms with Crippen molar-refractivity contribution in [2.45, 2.75) is 19.4 Å². The molecule has 6 nitrogen and oxygen atoms in total. The predicted octanol–water partition coefficient (Wildman–Crippen LogP) is 2.99. The molecule has 2 heterocycles. The summed E-state index contributed by atoms with van der Waals surface area (Å²) in [6, 6.07) is 6.89. The SMILES string of the molecule is CN=C(NCCc1ncc(C)s1)NCC(c1ccc(F)cc1)N1CCOCC1.I. The smallest absolute Gasteiger partial charge is 0.191 e. The van der Waals surface area contributed by atoms with Gasteiger partial charge in [-0.1, -0.05) is 12.1 Å². The number of nitrogens with zero attached hydrogens (tertiary/aromatic N) is 3.